The van der Waals surface area contributed by atoms with E-state index < -0.39 is 5.91 Å². The molecule has 0 radical (unpaired) electrons. The number of hydrogen-bond acceptors (Lipinski definition) is 4. The third-order valence-electron chi connectivity index (χ3n) is 5.51. The predicted molar refractivity (Wildman–Crippen MR) is 97.5 cm³/mol. The molecule has 25 heavy (non-hydrogen) atoms. The fourth-order valence-electron chi connectivity index (χ4n) is 4.49. The summed E-state index contributed by atoms with van der Waals surface area (Å²) >= 11 is 7.27. The molecular formula is C17H16Br2N2O4. The average Bonchev–Trinajstić information content (AvgIpc) is 3.15. The monoisotopic (exact) mass is 470 g/mol. The zero-order chi connectivity index (χ0) is 17.9. The van der Waals surface area contributed by atoms with Crippen molar-refractivity contribution in [2.75, 3.05) is 11.9 Å². The molecule has 0 unspecified atom stereocenters. The minimum atomic E-state index is -0.453. The van der Waals surface area contributed by atoms with Gasteiger partial charge < -0.3 is 10.4 Å². The number of phenolic OH excluding ortho intramolecular Hbond substituents is 1. The molecule has 4 rings (SSSR count). The van der Waals surface area contributed by atoms with E-state index in [9.17, 15) is 19.5 Å². The van der Waals surface area contributed by atoms with Gasteiger partial charge in [-0.2, -0.15) is 0 Å². The highest BCUT2D eigenvalue weighted by Crippen LogP contribution is 2.60. The summed E-state index contributed by atoms with van der Waals surface area (Å²) in [5.41, 5.74) is 0.422. The molecule has 6 atom stereocenters. The van der Waals surface area contributed by atoms with Crippen molar-refractivity contribution < 1.29 is 19.5 Å². The van der Waals surface area contributed by atoms with Crippen molar-refractivity contribution >= 4 is 55.3 Å². The van der Waals surface area contributed by atoms with Crippen molar-refractivity contribution in [1.29, 1.82) is 0 Å². The number of carbonyl (C=O) groups is 3. The Bertz CT molecular complexity index is 739. The van der Waals surface area contributed by atoms with Gasteiger partial charge in [0, 0.05) is 21.4 Å². The minimum Gasteiger partial charge on any atom is -0.508 e. The number of rotatable bonds is 3. The summed E-state index contributed by atoms with van der Waals surface area (Å²) in [5.74, 6) is -1.26. The zero-order valence-electron chi connectivity index (χ0n) is 13.1. The van der Waals surface area contributed by atoms with Gasteiger partial charge in [0.25, 0.3) is 0 Å². The normalized spacial score (nSPS) is 36.0. The van der Waals surface area contributed by atoms with Crippen LogP contribution in [0.5, 0.6) is 5.75 Å². The Morgan fingerprint density at radius 3 is 2.32 bits per heavy atom. The molecule has 2 bridgehead atoms. The third-order valence-corrected chi connectivity index (χ3v) is 8.72. The fourth-order valence-corrected chi connectivity index (χ4v) is 6.37. The number of nitrogens with zero attached hydrogens (tertiary/aromatic N) is 1. The van der Waals surface area contributed by atoms with Crippen LogP contribution in [0.1, 0.15) is 6.42 Å². The van der Waals surface area contributed by atoms with Gasteiger partial charge in [-0.05, 0) is 30.4 Å². The Hall–Kier alpha value is -1.41. The van der Waals surface area contributed by atoms with Gasteiger partial charge in [0.2, 0.25) is 17.7 Å². The second kappa shape index (κ2) is 6.09. The van der Waals surface area contributed by atoms with E-state index in [1.165, 1.54) is 12.1 Å². The number of phenols is 1. The molecule has 0 spiro atoms. The Labute approximate surface area is 161 Å². The topological polar surface area (TPSA) is 86.7 Å². The molecule has 6 nitrogen and oxygen atoms in total. The molecule has 3 fully saturated rings. The van der Waals surface area contributed by atoms with Crippen LogP contribution in [0.4, 0.5) is 5.69 Å². The van der Waals surface area contributed by atoms with E-state index >= 15 is 0 Å². The first-order chi connectivity index (χ1) is 11.9. The third kappa shape index (κ3) is 2.61. The van der Waals surface area contributed by atoms with Gasteiger partial charge in [-0.15, -0.1) is 0 Å². The Balaban J connectivity index is 1.48. The lowest BCUT2D eigenvalue weighted by Gasteiger charge is -2.28. The molecule has 2 saturated carbocycles. The molecule has 2 aliphatic carbocycles. The SMILES string of the molecule is O=C(CN1C(=O)[C@@H]2[C@@H]3C[C@H]([C@@H](Br)[C@H]3Br)[C@@H]2C1=O)Nc1cccc(O)c1. The smallest absolute Gasteiger partial charge is 0.244 e. The largest absolute Gasteiger partial charge is 0.508 e. The number of nitrogens with one attached hydrogen (secondary N) is 1. The summed E-state index contributed by atoms with van der Waals surface area (Å²) in [4.78, 5) is 39.2. The maximum Gasteiger partial charge on any atom is 0.244 e. The van der Waals surface area contributed by atoms with Gasteiger partial charge in [0.05, 0.1) is 11.8 Å². The van der Waals surface area contributed by atoms with E-state index in [0.717, 1.165) is 11.3 Å². The maximum absolute atomic E-state index is 12.7. The number of carbonyl (C=O) groups excluding carboxylic acids is 3. The van der Waals surface area contributed by atoms with E-state index in [-0.39, 0.29) is 57.4 Å². The van der Waals surface area contributed by atoms with Gasteiger partial charge >= 0.3 is 0 Å². The highest BCUT2D eigenvalue weighted by Gasteiger charge is 2.66. The molecule has 3 amide bonds. The lowest BCUT2D eigenvalue weighted by atomic mass is 9.81. The first kappa shape index (κ1) is 17.0. The Morgan fingerprint density at radius 2 is 1.76 bits per heavy atom. The molecule has 3 aliphatic rings. The molecule has 1 aromatic carbocycles. The Kier molecular flexibility index (Phi) is 4.15. The van der Waals surface area contributed by atoms with E-state index in [2.05, 4.69) is 37.2 Å². The van der Waals surface area contributed by atoms with Crippen LogP contribution >= 0.6 is 31.9 Å². The Morgan fingerprint density at radius 1 is 1.16 bits per heavy atom. The summed E-state index contributed by atoms with van der Waals surface area (Å²) in [7, 11) is 0. The number of imide groups is 1. The van der Waals surface area contributed by atoms with E-state index in [0.29, 0.717) is 5.69 Å². The number of amides is 3. The van der Waals surface area contributed by atoms with Gasteiger partial charge in [0.15, 0.2) is 0 Å². The van der Waals surface area contributed by atoms with Crippen LogP contribution < -0.4 is 5.32 Å². The first-order valence-electron chi connectivity index (χ1n) is 8.10. The van der Waals surface area contributed by atoms with Crippen molar-refractivity contribution in [2.45, 2.75) is 16.1 Å². The van der Waals surface area contributed by atoms with Gasteiger partial charge in [-0.3, -0.25) is 19.3 Å². The summed E-state index contributed by atoms with van der Waals surface area (Å²) in [5, 5.41) is 12.0. The average molecular weight is 472 g/mol. The highest BCUT2D eigenvalue weighted by molar-refractivity contribution is 9.12. The fraction of sp³-hybridized carbons (Fsp3) is 0.471. The summed E-state index contributed by atoms with van der Waals surface area (Å²) in [6.45, 7) is -0.292. The predicted octanol–water partition coefficient (Wildman–Crippen LogP) is 2.11. The number of aromatic hydroxyl groups is 1. The van der Waals surface area contributed by atoms with Crippen LogP contribution in [0.15, 0.2) is 24.3 Å². The highest BCUT2D eigenvalue weighted by atomic mass is 79.9. The molecule has 2 N–H and O–H groups in total. The number of fused-ring (bicyclic) bond motifs is 5. The van der Waals surface area contributed by atoms with Crippen molar-refractivity contribution in [2.24, 2.45) is 23.7 Å². The van der Waals surface area contributed by atoms with E-state index in [4.69, 9.17) is 0 Å². The van der Waals surface area contributed by atoms with Crippen LogP contribution in [-0.2, 0) is 14.4 Å². The second-order valence-electron chi connectivity index (χ2n) is 6.86. The number of halogens is 2. The number of likely N-dealkylation sites (tertiary alicyclic amines) is 1. The molecule has 8 heteroatoms. The van der Waals surface area contributed by atoms with Crippen LogP contribution in [-0.4, -0.2) is 43.9 Å². The molecule has 1 saturated heterocycles. The van der Waals surface area contributed by atoms with Crippen LogP contribution in [0, 0.1) is 23.7 Å². The van der Waals surface area contributed by atoms with Crippen molar-refractivity contribution in [3.8, 4) is 5.75 Å². The lowest BCUT2D eigenvalue weighted by molar-refractivity contribution is -0.143. The van der Waals surface area contributed by atoms with Gasteiger partial charge in [0.1, 0.15) is 12.3 Å². The number of benzene rings is 1. The number of anilines is 1. The van der Waals surface area contributed by atoms with E-state index in [1.807, 2.05) is 0 Å². The molecule has 132 valence electrons. The maximum atomic E-state index is 12.7. The molecule has 1 aromatic rings. The number of alkyl halides is 2. The first-order valence-corrected chi connectivity index (χ1v) is 9.94. The minimum absolute atomic E-state index is 0.0314. The van der Waals surface area contributed by atoms with Crippen LogP contribution in [0.3, 0.4) is 0 Å². The van der Waals surface area contributed by atoms with Gasteiger partial charge in [-0.25, -0.2) is 0 Å². The molecule has 0 aromatic heterocycles. The zero-order valence-corrected chi connectivity index (χ0v) is 16.2. The van der Waals surface area contributed by atoms with Crippen molar-refractivity contribution in [3.63, 3.8) is 0 Å². The summed E-state index contributed by atoms with van der Waals surface area (Å²) in [6, 6.07) is 6.13. The van der Waals surface area contributed by atoms with Gasteiger partial charge in [-0.1, -0.05) is 37.9 Å². The quantitative estimate of drug-likeness (QED) is 0.522. The van der Waals surface area contributed by atoms with Crippen molar-refractivity contribution in [1.82, 2.24) is 4.90 Å². The summed E-state index contributed by atoms with van der Waals surface area (Å²) < 4.78 is 0. The second-order valence-corrected chi connectivity index (χ2v) is 8.98. The summed E-state index contributed by atoms with van der Waals surface area (Å²) in [6.07, 6.45) is 0.863. The van der Waals surface area contributed by atoms with Crippen LogP contribution in [0.2, 0.25) is 0 Å². The molecule has 1 heterocycles. The van der Waals surface area contributed by atoms with E-state index in [1.54, 1.807) is 12.1 Å². The van der Waals surface area contributed by atoms with Crippen LogP contribution in [0.25, 0.3) is 0 Å². The lowest BCUT2D eigenvalue weighted by Crippen LogP contribution is -2.39. The molecular weight excluding hydrogens is 456 g/mol. The number of hydrogen-bond donors (Lipinski definition) is 2. The molecule has 1 aliphatic heterocycles. The van der Waals surface area contributed by atoms with Crippen molar-refractivity contribution in [3.05, 3.63) is 24.3 Å². The standard InChI is InChI=1S/C17H16Br2N2O4/c18-14-9-5-10(15(14)19)13-12(9)16(24)21(17(13)25)6-11(23)20-7-2-1-3-8(22)4-7/h1-4,9-10,12-15,22H,5-6H2,(H,20,23)/t9-,10-,12-,13+,14+,15-/m0/s1.